The molecule has 0 saturated heterocycles. The number of halogens is 1. The fraction of sp³-hybridized carbons (Fsp3) is 0.533. The third-order valence-electron chi connectivity index (χ3n) is 3.73. The van der Waals surface area contributed by atoms with Gasteiger partial charge in [0.25, 0.3) is 0 Å². The minimum Gasteiger partial charge on any atom is -0.393 e. The summed E-state index contributed by atoms with van der Waals surface area (Å²) in [4.78, 5) is 11.6. The lowest BCUT2D eigenvalue weighted by molar-refractivity contribution is 0.183. The van der Waals surface area contributed by atoms with Crippen LogP contribution in [0.4, 0.5) is 9.18 Å². The standard InChI is InChI=1S/C15H21FN2O2/c1-11(19)6-9-17-14(20)18-10-15(7-8-15)12-4-2-3-5-13(12)16/h2-5,11,19H,6-10H2,1H3,(H2,17,18,20). The molecule has 1 aliphatic rings. The van der Waals surface area contributed by atoms with Crippen molar-refractivity contribution >= 4 is 6.03 Å². The van der Waals surface area contributed by atoms with Gasteiger partial charge in [-0.25, -0.2) is 9.18 Å². The SMILES string of the molecule is CC(O)CCNC(=O)NCC1(c2ccccc2F)CC1. The second kappa shape index (κ2) is 6.22. The van der Waals surface area contributed by atoms with Crippen molar-refractivity contribution in [2.24, 2.45) is 0 Å². The van der Waals surface area contributed by atoms with E-state index in [2.05, 4.69) is 10.6 Å². The van der Waals surface area contributed by atoms with Crippen molar-refractivity contribution in [3.05, 3.63) is 35.6 Å². The molecule has 2 amide bonds. The van der Waals surface area contributed by atoms with Gasteiger partial charge in [0.1, 0.15) is 5.82 Å². The molecular weight excluding hydrogens is 259 g/mol. The Morgan fingerprint density at radius 3 is 2.70 bits per heavy atom. The van der Waals surface area contributed by atoms with Crippen molar-refractivity contribution in [3.63, 3.8) is 0 Å². The number of carbonyl (C=O) groups is 1. The first-order chi connectivity index (χ1) is 9.53. The lowest BCUT2D eigenvalue weighted by Gasteiger charge is -2.17. The predicted octanol–water partition coefficient (Wildman–Crippen LogP) is 1.93. The van der Waals surface area contributed by atoms with Gasteiger partial charge in [-0.15, -0.1) is 0 Å². The van der Waals surface area contributed by atoms with Crippen LogP contribution in [0.3, 0.4) is 0 Å². The van der Waals surface area contributed by atoms with Gasteiger partial charge in [-0.3, -0.25) is 0 Å². The number of hydrogen-bond acceptors (Lipinski definition) is 2. The van der Waals surface area contributed by atoms with Gasteiger partial charge >= 0.3 is 6.03 Å². The molecule has 0 bridgehead atoms. The van der Waals surface area contributed by atoms with Crippen LogP contribution in [0, 0.1) is 5.82 Å². The molecule has 2 rings (SSSR count). The molecule has 1 aliphatic carbocycles. The van der Waals surface area contributed by atoms with Crippen LogP contribution in [0.5, 0.6) is 0 Å². The fourth-order valence-electron chi connectivity index (χ4n) is 2.29. The minimum atomic E-state index is -0.427. The van der Waals surface area contributed by atoms with Crippen LogP contribution < -0.4 is 10.6 Å². The Bertz CT molecular complexity index is 473. The number of benzene rings is 1. The second-order valence-electron chi connectivity index (χ2n) is 5.51. The van der Waals surface area contributed by atoms with Crippen LogP contribution in [0.25, 0.3) is 0 Å². The van der Waals surface area contributed by atoms with E-state index in [1.807, 2.05) is 6.07 Å². The molecule has 3 N–H and O–H groups in total. The Morgan fingerprint density at radius 2 is 2.10 bits per heavy atom. The topological polar surface area (TPSA) is 61.4 Å². The van der Waals surface area contributed by atoms with Crippen LogP contribution in [-0.4, -0.2) is 30.3 Å². The lowest BCUT2D eigenvalue weighted by Crippen LogP contribution is -2.40. The molecular formula is C15H21FN2O2. The highest BCUT2D eigenvalue weighted by Gasteiger charge is 2.45. The van der Waals surface area contributed by atoms with E-state index in [9.17, 15) is 9.18 Å². The molecule has 5 heteroatoms. The zero-order valence-corrected chi connectivity index (χ0v) is 11.7. The number of carbonyl (C=O) groups excluding carboxylic acids is 1. The second-order valence-corrected chi connectivity index (χ2v) is 5.51. The smallest absolute Gasteiger partial charge is 0.314 e. The van der Waals surface area contributed by atoms with Crippen LogP contribution in [0.1, 0.15) is 31.7 Å². The van der Waals surface area contributed by atoms with Gasteiger partial charge in [-0.1, -0.05) is 18.2 Å². The molecule has 1 atom stereocenters. The van der Waals surface area contributed by atoms with Crippen molar-refractivity contribution in [1.82, 2.24) is 10.6 Å². The quantitative estimate of drug-likeness (QED) is 0.745. The Hall–Kier alpha value is -1.62. The van der Waals surface area contributed by atoms with Crippen molar-refractivity contribution in [2.45, 2.75) is 37.7 Å². The maximum atomic E-state index is 13.8. The first-order valence-electron chi connectivity index (χ1n) is 6.98. The van der Waals surface area contributed by atoms with E-state index >= 15 is 0 Å². The van der Waals surface area contributed by atoms with Crippen molar-refractivity contribution < 1.29 is 14.3 Å². The Morgan fingerprint density at radius 1 is 1.40 bits per heavy atom. The van der Waals surface area contributed by atoms with Gasteiger partial charge < -0.3 is 15.7 Å². The summed E-state index contributed by atoms with van der Waals surface area (Å²) in [7, 11) is 0. The maximum absolute atomic E-state index is 13.8. The average Bonchev–Trinajstić information content (AvgIpc) is 3.17. The molecule has 0 aromatic heterocycles. The Labute approximate surface area is 118 Å². The molecule has 20 heavy (non-hydrogen) atoms. The molecule has 0 spiro atoms. The molecule has 0 radical (unpaired) electrons. The zero-order chi connectivity index (χ0) is 14.6. The van der Waals surface area contributed by atoms with E-state index in [0.29, 0.717) is 25.1 Å². The maximum Gasteiger partial charge on any atom is 0.314 e. The zero-order valence-electron chi connectivity index (χ0n) is 11.7. The van der Waals surface area contributed by atoms with E-state index < -0.39 is 6.10 Å². The van der Waals surface area contributed by atoms with E-state index in [1.165, 1.54) is 6.07 Å². The summed E-state index contributed by atoms with van der Waals surface area (Å²) in [5.41, 5.74) is 0.441. The number of urea groups is 1. The summed E-state index contributed by atoms with van der Waals surface area (Å²) >= 11 is 0. The van der Waals surface area contributed by atoms with Gasteiger partial charge in [0.2, 0.25) is 0 Å². The molecule has 1 aromatic carbocycles. The first kappa shape index (κ1) is 14.8. The number of rotatable bonds is 6. The number of aliphatic hydroxyl groups is 1. The Kier molecular flexibility index (Phi) is 4.60. The lowest BCUT2D eigenvalue weighted by atomic mass is 9.95. The molecule has 4 nitrogen and oxygen atoms in total. The van der Waals surface area contributed by atoms with E-state index in [4.69, 9.17) is 5.11 Å². The predicted molar refractivity (Wildman–Crippen MR) is 75.0 cm³/mol. The Balaban J connectivity index is 1.82. The third-order valence-corrected chi connectivity index (χ3v) is 3.73. The summed E-state index contributed by atoms with van der Waals surface area (Å²) in [6.45, 7) is 2.54. The molecule has 0 aliphatic heterocycles. The summed E-state index contributed by atoms with van der Waals surface area (Å²) < 4.78 is 13.8. The van der Waals surface area contributed by atoms with E-state index in [-0.39, 0.29) is 17.3 Å². The third kappa shape index (κ3) is 3.70. The van der Waals surface area contributed by atoms with Gasteiger partial charge in [0.05, 0.1) is 6.10 Å². The molecule has 1 fully saturated rings. The number of hydrogen-bond donors (Lipinski definition) is 3. The van der Waals surface area contributed by atoms with Crippen molar-refractivity contribution in [3.8, 4) is 0 Å². The summed E-state index contributed by atoms with van der Waals surface area (Å²) in [5.74, 6) is -0.207. The highest BCUT2D eigenvalue weighted by Crippen LogP contribution is 2.48. The summed E-state index contributed by atoms with van der Waals surface area (Å²) in [6.07, 6.45) is 1.87. The normalized spacial score (nSPS) is 17.4. The van der Waals surface area contributed by atoms with Crippen LogP contribution >= 0.6 is 0 Å². The van der Waals surface area contributed by atoms with Crippen molar-refractivity contribution in [2.75, 3.05) is 13.1 Å². The molecule has 1 aromatic rings. The van der Waals surface area contributed by atoms with Gasteiger partial charge in [-0.2, -0.15) is 0 Å². The van der Waals surface area contributed by atoms with Crippen LogP contribution in [0.15, 0.2) is 24.3 Å². The fourth-order valence-corrected chi connectivity index (χ4v) is 2.29. The first-order valence-corrected chi connectivity index (χ1v) is 6.98. The number of nitrogens with one attached hydrogen (secondary N) is 2. The van der Waals surface area contributed by atoms with Crippen molar-refractivity contribution in [1.29, 1.82) is 0 Å². The summed E-state index contributed by atoms with van der Waals surface area (Å²) in [6, 6.07) is 6.47. The molecule has 1 unspecified atom stereocenters. The van der Waals surface area contributed by atoms with Gasteiger partial charge in [0.15, 0.2) is 0 Å². The van der Waals surface area contributed by atoms with Crippen LogP contribution in [0.2, 0.25) is 0 Å². The molecule has 0 heterocycles. The van der Waals surface area contributed by atoms with Gasteiger partial charge in [-0.05, 0) is 37.8 Å². The van der Waals surface area contributed by atoms with E-state index in [1.54, 1.807) is 19.1 Å². The van der Waals surface area contributed by atoms with Crippen LogP contribution in [-0.2, 0) is 5.41 Å². The highest BCUT2D eigenvalue weighted by atomic mass is 19.1. The number of aliphatic hydroxyl groups excluding tert-OH is 1. The molecule has 1 saturated carbocycles. The van der Waals surface area contributed by atoms with Gasteiger partial charge in [0, 0.05) is 18.5 Å². The highest BCUT2D eigenvalue weighted by molar-refractivity contribution is 5.74. The minimum absolute atomic E-state index is 0.207. The average molecular weight is 280 g/mol. The number of amides is 2. The molecule has 110 valence electrons. The van der Waals surface area contributed by atoms with E-state index in [0.717, 1.165) is 12.8 Å². The monoisotopic (exact) mass is 280 g/mol. The summed E-state index contributed by atoms with van der Waals surface area (Å²) in [5, 5.41) is 14.6. The largest absolute Gasteiger partial charge is 0.393 e.